The summed E-state index contributed by atoms with van der Waals surface area (Å²) >= 11 is 0. The maximum absolute atomic E-state index is 12.7. The second-order valence-corrected chi connectivity index (χ2v) is 6.73. The lowest BCUT2D eigenvalue weighted by molar-refractivity contribution is -0.144. The average molecular weight is 319 g/mol. The molecule has 2 heterocycles. The molecule has 3 rings (SSSR count). The van der Waals surface area contributed by atoms with Crippen molar-refractivity contribution < 1.29 is 14.3 Å². The maximum Gasteiger partial charge on any atom is 0.314 e. The normalized spacial score (nSPS) is 25.1. The molecule has 1 aliphatic heterocycles. The summed E-state index contributed by atoms with van der Waals surface area (Å²) in [6, 6.07) is 1.93. The minimum absolute atomic E-state index is 0.0313. The van der Waals surface area contributed by atoms with E-state index >= 15 is 0 Å². The molecule has 2 aliphatic rings. The zero-order valence-electron chi connectivity index (χ0n) is 14.1. The molecule has 1 N–H and O–H groups in total. The van der Waals surface area contributed by atoms with Crippen LogP contribution in [0.3, 0.4) is 0 Å². The number of H-pyrrole nitrogens is 1. The first-order chi connectivity index (χ1) is 11.0. The number of esters is 1. The van der Waals surface area contributed by atoms with Gasteiger partial charge in [-0.1, -0.05) is 6.92 Å². The van der Waals surface area contributed by atoms with Crippen molar-refractivity contribution in [1.29, 1.82) is 0 Å². The molecule has 23 heavy (non-hydrogen) atoms. The molecule has 1 aromatic heterocycles. The van der Waals surface area contributed by atoms with Gasteiger partial charge in [-0.25, -0.2) is 0 Å². The smallest absolute Gasteiger partial charge is 0.314 e. The molecular formula is C17H25N3O3. The number of piperazine rings is 1. The standard InChI is InChI=1S/C17H25N3O3/c1-11-4-5-12-10-13(18-15(12)14(11)17(22)23-3)16(21)20-8-6-19(2)7-9-20/h10-11,14,18H,4-9H2,1-3H3/t11-,14?/m1/s1. The van der Waals surface area contributed by atoms with Crippen LogP contribution in [0.4, 0.5) is 0 Å². The predicted molar refractivity (Wildman–Crippen MR) is 86.4 cm³/mol. The van der Waals surface area contributed by atoms with E-state index < -0.39 is 0 Å². The highest BCUT2D eigenvalue weighted by atomic mass is 16.5. The third-order valence-corrected chi connectivity index (χ3v) is 5.16. The largest absolute Gasteiger partial charge is 0.468 e. The van der Waals surface area contributed by atoms with Gasteiger partial charge in [-0.15, -0.1) is 0 Å². The number of carbonyl (C=O) groups is 2. The Morgan fingerprint density at radius 2 is 1.96 bits per heavy atom. The van der Waals surface area contributed by atoms with Crippen LogP contribution in [-0.4, -0.2) is 67.0 Å². The van der Waals surface area contributed by atoms with Gasteiger partial charge in [0.15, 0.2) is 0 Å². The summed E-state index contributed by atoms with van der Waals surface area (Å²) in [4.78, 5) is 32.2. The number of fused-ring (bicyclic) bond motifs is 1. The molecule has 0 saturated carbocycles. The van der Waals surface area contributed by atoms with E-state index in [0.717, 1.165) is 50.3 Å². The lowest BCUT2D eigenvalue weighted by Crippen LogP contribution is -2.47. The van der Waals surface area contributed by atoms with Crippen molar-refractivity contribution in [2.45, 2.75) is 25.7 Å². The number of nitrogens with zero attached hydrogens (tertiary/aromatic N) is 2. The number of hydrogen-bond donors (Lipinski definition) is 1. The topological polar surface area (TPSA) is 65.6 Å². The maximum atomic E-state index is 12.7. The van der Waals surface area contributed by atoms with E-state index in [1.54, 1.807) is 0 Å². The summed E-state index contributed by atoms with van der Waals surface area (Å²) in [5, 5.41) is 0. The Bertz CT molecular complexity index is 602. The molecule has 0 aromatic carbocycles. The van der Waals surface area contributed by atoms with Crippen LogP contribution in [0.5, 0.6) is 0 Å². The zero-order valence-corrected chi connectivity index (χ0v) is 14.1. The Balaban J connectivity index is 1.83. The van der Waals surface area contributed by atoms with Crippen molar-refractivity contribution in [1.82, 2.24) is 14.8 Å². The number of aryl methyl sites for hydroxylation is 1. The third-order valence-electron chi connectivity index (χ3n) is 5.16. The monoisotopic (exact) mass is 319 g/mol. The Hall–Kier alpha value is -1.82. The Morgan fingerprint density at radius 1 is 1.26 bits per heavy atom. The van der Waals surface area contributed by atoms with E-state index in [0.29, 0.717) is 5.69 Å². The fraction of sp³-hybridized carbons (Fsp3) is 0.647. The van der Waals surface area contributed by atoms with Crippen LogP contribution in [0.2, 0.25) is 0 Å². The van der Waals surface area contributed by atoms with E-state index in [1.165, 1.54) is 7.11 Å². The lowest BCUT2D eigenvalue weighted by Gasteiger charge is -2.32. The fourth-order valence-electron chi connectivity index (χ4n) is 3.60. The number of carbonyl (C=O) groups excluding carboxylic acids is 2. The number of amides is 1. The van der Waals surface area contributed by atoms with Crippen LogP contribution >= 0.6 is 0 Å². The van der Waals surface area contributed by atoms with Gasteiger partial charge >= 0.3 is 5.97 Å². The number of hydrogen-bond acceptors (Lipinski definition) is 4. The Labute approximate surface area is 136 Å². The van der Waals surface area contributed by atoms with Crippen LogP contribution in [0.15, 0.2) is 6.07 Å². The highest BCUT2D eigenvalue weighted by molar-refractivity contribution is 5.93. The average Bonchev–Trinajstić information content (AvgIpc) is 2.98. The number of nitrogens with one attached hydrogen (secondary N) is 1. The molecule has 1 saturated heterocycles. The number of aromatic amines is 1. The summed E-state index contributed by atoms with van der Waals surface area (Å²) in [7, 11) is 3.49. The first-order valence-electron chi connectivity index (χ1n) is 8.28. The fourth-order valence-corrected chi connectivity index (χ4v) is 3.60. The van der Waals surface area contributed by atoms with Gasteiger partial charge in [0.1, 0.15) is 5.69 Å². The highest BCUT2D eigenvalue weighted by Gasteiger charge is 2.36. The SMILES string of the molecule is COC(=O)C1c2[nH]c(C(=O)N3CCN(C)CC3)cc2CC[C@H]1C. The molecule has 6 heteroatoms. The first-order valence-corrected chi connectivity index (χ1v) is 8.28. The van der Waals surface area contributed by atoms with E-state index in [2.05, 4.69) is 23.9 Å². The van der Waals surface area contributed by atoms with Crippen molar-refractivity contribution in [3.05, 3.63) is 23.0 Å². The van der Waals surface area contributed by atoms with E-state index in [-0.39, 0.29) is 23.7 Å². The van der Waals surface area contributed by atoms with E-state index in [4.69, 9.17) is 4.74 Å². The first kappa shape index (κ1) is 16.1. The number of rotatable bonds is 2. The Morgan fingerprint density at radius 3 is 2.61 bits per heavy atom. The summed E-state index contributed by atoms with van der Waals surface area (Å²) in [6.45, 7) is 5.35. The Kier molecular flexibility index (Phi) is 4.43. The molecule has 0 bridgehead atoms. The van der Waals surface area contributed by atoms with Crippen molar-refractivity contribution >= 4 is 11.9 Å². The highest BCUT2D eigenvalue weighted by Crippen LogP contribution is 2.37. The van der Waals surface area contributed by atoms with Gasteiger partial charge in [0.25, 0.3) is 5.91 Å². The molecule has 1 aromatic rings. The van der Waals surface area contributed by atoms with Gasteiger partial charge < -0.3 is 19.5 Å². The number of aromatic nitrogens is 1. The summed E-state index contributed by atoms with van der Waals surface area (Å²) in [5.41, 5.74) is 2.55. The van der Waals surface area contributed by atoms with Gasteiger partial charge in [-0.05, 0) is 37.4 Å². The van der Waals surface area contributed by atoms with Crippen LogP contribution in [-0.2, 0) is 16.0 Å². The summed E-state index contributed by atoms with van der Waals surface area (Å²) in [5.74, 6) is -0.263. The lowest BCUT2D eigenvalue weighted by atomic mass is 9.80. The van der Waals surface area contributed by atoms with Gasteiger partial charge in [-0.2, -0.15) is 0 Å². The molecule has 1 amide bonds. The molecule has 0 spiro atoms. The molecule has 1 aliphatic carbocycles. The molecule has 126 valence electrons. The zero-order chi connectivity index (χ0) is 16.6. The van der Waals surface area contributed by atoms with Gasteiger partial charge in [0.05, 0.1) is 13.0 Å². The van der Waals surface area contributed by atoms with Crippen LogP contribution in [0.1, 0.15) is 41.0 Å². The van der Waals surface area contributed by atoms with E-state index in [9.17, 15) is 9.59 Å². The van der Waals surface area contributed by atoms with Crippen molar-refractivity contribution in [3.63, 3.8) is 0 Å². The summed E-state index contributed by atoms with van der Waals surface area (Å²) < 4.78 is 4.96. The molecule has 1 unspecified atom stereocenters. The van der Waals surface area contributed by atoms with Crippen LogP contribution < -0.4 is 0 Å². The number of likely N-dealkylation sites (N-methyl/N-ethyl adjacent to an activating group) is 1. The minimum atomic E-state index is -0.294. The number of ether oxygens (including phenoxy) is 1. The molecule has 0 radical (unpaired) electrons. The predicted octanol–water partition coefficient (Wildman–Crippen LogP) is 1.24. The van der Waals surface area contributed by atoms with Crippen LogP contribution in [0.25, 0.3) is 0 Å². The van der Waals surface area contributed by atoms with Gasteiger partial charge in [0, 0.05) is 31.9 Å². The minimum Gasteiger partial charge on any atom is -0.468 e. The van der Waals surface area contributed by atoms with Gasteiger partial charge in [-0.3, -0.25) is 9.59 Å². The van der Waals surface area contributed by atoms with Gasteiger partial charge in [0.2, 0.25) is 0 Å². The van der Waals surface area contributed by atoms with Crippen LogP contribution in [0, 0.1) is 5.92 Å². The van der Waals surface area contributed by atoms with Crippen molar-refractivity contribution in [2.75, 3.05) is 40.3 Å². The third kappa shape index (κ3) is 3.00. The second-order valence-electron chi connectivity index (χ2n) is 6.73. The quantitative estimate of drug-likeness (QED) is 0.833. The summed E-state index contributed by atoms with van der Waals surface area (Å²) in [6.07, 6.45) is 1.84. The van der Waals surface area contributed by atoms with Crippen molar-refractivity contribution in [3.8, 4) is 0 Å². The second kappa shape index (κ2) is 6.35. The molecule has 2 atom stereocenters. The van der Waals surface area contributed by atoms with Crippen molar-refractivity contribution in [2.24, 2.45) is 5.92 Å². The molecule has 1 fully saturated rings. The molecular weight excluding hydrogens is 294 g/mol. The van der Waals surface area contributed by atoms with E-state index in [1.807, 2.05) is 11.0 Å². The number of methoxy groups -OCH3 is 1. The molecule has 6 nitrogen and oxygen atoms in total.